The Labute approximate surface area is 218 Å². The zero-order valence-corrected chi connectivity index (χ0v) is 22.2. The van der Waals surface area contributed by atoms with Crippen LogP contribution in [0.15, 0.2) is 36.4 Å². The van der Waals surface area contributed by atoms with E-state index in [1.165, 1.54) is 30.2 Å². The Morgan fingerprint density at radius 3 is 2.58 bits per heavy atom. The van der Waals surface area contributed by atoms with Crippen LogP contribution in [0.4, 0.5) is 0 Å². The summed E-state index contributed by atoms with van der Waals surface area (Å²) in [5, 5.41) is 11.6. The van der Waals surface area contributed by atoms with Crippen LogP contribution in [0.2, 0.25) is 5.02 Å². The van der Waals surface area contributed by atoms with E-state index >= 15 is 0 Å². The van der Waals surface area contributed by atoms with E-state index in [9.17, 15) is 9.90 Å². The molecule has 7 heteroatoms. The van der Waals surface area contributed by atoms with Crippen molar-refractivity contribution in [3.05, 3.63) is 52.5 Å². The van der Waals surface area contributed by atoms with Crippen molar-refractivity contribution in [1.29, 1.82) is 0 Å². The lowest BCUT2D eigenvalue weighted by Crippen LogP contribution is -2.43. The lowest BCUT2D eigenvalue weighted by Gasteiger charge is -2.33. The monoisotopic (exact) mass is 509 g/mol. The van der Waals surface area contributed by atoms with Gasteiger partial charge in [-0.25, -0.2) is 4.79 Å². The SMILES string of the molecule is CN(C)CCN(C)C1COc2cc(Cl)ccc2-c2c(C3CCCCC3)c3ccc(C(=O)O)cc3n2C1. The summed E-state index contributed by atoms with van der Waals surface area (Å²) in [5.74, 6) is 0.349. The molecule has 1 fully saturated rings. The van der Waals surface area contributed by atoms with Crippen molar-refractivity contribution in [2.24, 2.45) is 0 Å². The fourth-order valence-electron chi connectivity index (χ4n) is 5.86. The number of aromatic nitrogens is 1. The molecule has 1 saturated carbocycles. The number of hydrogen-bond acceptors (Lipinski definition) is 4. The maximum Gasteiger partial charge on any atom is 0.335 e. The van der Waals surface area contributed by atoms with Gasteiger partial charge in [-0.15, -0.1) is 0 Å². The normalized spacial score (nSPS) is 18.6. The van der Waals surface area contributed by atoms with Crippen molar-refractivity contribution in [2.75, 3.05) is 40.8 Å². The largest absolute Gasteiger partial charge is 0.491 e. The molecule has 2 heterocycles. The van der Waals surface area contributed by atoms with Crippen LogP contribution >= 0.6 is 11.6 Å². The molecule has 192 valence electrons. The maximum atomic E-state index is 11.9. The molecule has 5 rings (SSSR count). The number of aromatic carboxylic acids is 1. The number of likely N-dealkylation sites (N-methyl/N-ethyl adjacent to an activating group) is 2. The third-order valence-electron chi connectivity index (χ3n) is 7.91. The van der Waals surface area contributed by atoms with Crippen molar-refractivity contribution >= 4 is 28.5 Å². The number of rotatable bonds is 6. The van der Waals surface area contributed by atoms with Crippen LogP contribution in [0.1, 0.15) is 53.9 Å². The number of halogens is 1. The van der Waals surface area contributed by atoms with Crippen LogP contribution in [-0.2, 0) is 6.54 Å². The van der Waals surface area contributed by atoms with E-state index < -0.39 is 5.97 Å². The van der Waals surface area contributed by atoms with Crippen LogP contribution in [-0.4, -0.2) is 72.3 Å². The first-order chi connectivity index (χ1) is 17.3. The Kier molecular flexibility index (Phi) is 7.29. The second-order valence-electron chi connectivity index (χ2n) is 10.6. The summed E-state index contributed by atoms with van der Waals surface area (Å²) in [6.45, 7) is 3.13. The van der Waals surface area contributed by atoms with Gasteiger partial charge in [0.05, 0.1) is 17.3 Å². The van der Waals surface area contributed by atoms with Crippen molar-refractivity contribution in [3.8, 4) is 17.0 Å². The van der Waals surface area contributed by atoms with Crippen molar-refractivity contribution in [3.63, 3.8) is 0 Å². The van der Waals surface area contributed by atoms with Crippen LogP contribution < -0.4 is 4.74 Å². The molecule has 1 unspecified atom stereocenters. The van der Waals surface area contributed by atoms with Gasteiger partial charge in [-0.1, -0.05) is 36.9 Å². The number of ether oxygens (including phenoxy) is 1. The molecular weight excluding hydrogens is 474 g/mol. The summed E-state index contributed by atoms with van der Waals surface area (Å²) in [6.07, 6.45) is 6.04. The predicted molar refractivity (Wildman–Crippen MR) is 146 cm³/mol. The lowest BCUT2D eigenvalue weighted by molar-refractivity contribution is 0.0697. The average Bonchev–Trinajstić information content (AvgIpc) is 3.16. The maximum absolute atomic E-state index is 11.9. The van der Waals surface area contributed by atoms with Gasteiger partial charge in [0.15, 0.2) is 0 Å². The minimum absolute atomic E-state index is 0.124. The molecule has 1 atom stereocenters. The van der Waals surface area contributed by atoms with Gasteiger partial charge in [-0.2, -0.15) is 0 Å². The quantitative estimate of drug-likeness (QED) is 0.444. The van der Waals surface area contributed by atoms with E-state index in [1.54, 1.807) is 6.07 Å². The minimum atomic E-state index is -0.896. The number of hydrogen-bond donors (Lipinski definition) is 1. The molecule has 1 N–H and O–H groups in total. The average molecular weight is 510 g/mol. The Morgan fingerprint density at radius 2 is 1.86 bits per heavy atom. The molecule has 0 saturated heterocycles. The predicted octanol–water partition coefficient (Wildman–Crippen LogP) is 5.96. The number of nitrogens with zero attached hydrogens (tertiary/aromatic N) is 3. The Morgan fingerprint density at radius 1 is 1.08 bits per heavy atom. The van der Waals surface area contributed by atoms with Gasteiger partial charge in [-0.3, -0.25) is 4.90 Å². The Balaban J connectivity index is 1.74. The summed E-state index contributed by atoms with van der Waals surface area (Å²) in [7, 11) is 6.32. The van der Waals surface area contributed by atoms with Crippen LogP contribution in [0.5, 0.6) is 5.75 Å². The van der Waals surface area contributed by atoms with E-state index in [2.05, 4.69) is 41.6 Å². The number of benzene rings is 2. The van der Waals surface area contributed by atoms with Gasteiger partial charge in [-0.05, 0) is 75.8 Å². The van der Waals surface area contributed by atoms with E-state index in [0.717, 1.165) is 55.0 Å². The third-order valence-corrected chi connectivity index (χ3v) is 8.15. The van der Waals surface area contributed by atoms with Crippen LogP contribution in [0.25, 0.3) is 22.2 Å². The zero-order chi connectivity index (χ0) is 25.4. The van der Waals surface area contributed by atoms with E-state index in [1.807, 2.05) is 24.3 Å². The van der Waals surface area contributed by atoms with Gasteiger partial charge in [0.1, 0.15) is 12.4 Å². The molecule has 0 radical (unpaired) electrons. The standard InChI is InChI=1S/C29H36ClN3O3/c1-31(2)13-14-32(3)22-17-33-25-15-20(29(34)35)9-11-23(25)27(19-7-5-4-6-8-19)28(33)24-12-10-21(30)16-26(24)36-18-22/h9-12,15-16,19,22H,4-8,13-14,17-18H2,1-3H3,(H,34,35). The topological polar surface area (TPSA) is 57.9 Å². The van der Waals surface area contributed by atoms with Crippen molar-refractivity contribution in [2.45, 2.75) is 50.6 Å². The smallest absolute Gasteiger partial charge is 0.335 e. The highest BCUT2D eigenvalue weighted by Gasteiger charge is 2.31. The number of fused-ring (bicyclic) bond motifs is 5. The van der Waals surface area contributed by atoms with E-state index in [0.29, 0.717) is 23.1 Å². The van der Waals surface area contributed by atoms with Gasteiger partial charge in [0.25, 0.3) is 0 Å². The molecular formula is C29H36ClN3O3. The van der Waals surface area contributed by atoms with Gasteiger partial charge < -0.3 is 19.3 Å². The summed E-state index contributed by atoms with van der Waals surface area (Å²) < 4.78 is 8.83. The summed E-state index contributed by atoms with van der Waals surface area (Å²) in [5.41, 5.74) is 4.87. The highest BCUT2D eigenvalue weighted by Crippen LogP contribution is 2.47. The molecule has 1 aliphatic heterocycles. The van der Waals surface area contributed by atoms with Crippen LogP contribution in [0.3, 0.4) is 0 Å². The minimum Gasteiger partial charge on any atom is -0.491 e. The Bertz CT molecular complexity index is 1260. The summed E-state index contributed by atoms with van der Waals surface area (Å²) >= 11 is 6.44. The third kappa shape index (κ3) is 4.86. The molecule has 0 bridgehead atoms. The fourth-order valence-corrected chi connectivity index (χ4v) is 6.02. The van der Waals surface area contributed by atoms with E-state index in [4.69, 9.17) is 16.3 Å². The first-order valence-electron chi connectivity index (χ1n) is 13.0. The lowest BCUT2D eigenvalue weighted by atomic mass is 9.81. The van der Waals surface area contributed by atoms with Crippen molar-refractivity contribution in [1.82, 2.24) is 14.4 Å². The van der Waals surface area contributed by atoms with Gasteiger partial charge in [0.2, 0.25) is 0 Å². The second kappa shape index (κ2) is 10.4. The molecule has 36 heavy (non-hydrogen) atoms. The van der Waals surface area contributed by atoms with Gasteiger partial charge >= 0.3 is 5.97 Å². The molecule has 1 aliphatic carbocycles. The number of carboxylic acids is 1. The highest BCUT2D eigenvalue weighted by molar-refractivity contribution is 6.30. The molecule has 2 aliphatic rings. The summed E-state index contributed by atoms with van der Waals surface area (Å²) in [4.78, 5) is 16.5. The highest BCUT2D eigenvalue weighted by atomic mass is 35.5. The van der Waals surface area contributed by atoms with Gasteiger partial charge in [0, 0.05) is 41.1 Å². The number of carbonyl (C=O) groups is 1. The first kappa shape index (κ1) is 25.1. The number of carboxylic acid groups (broad SMARTS) is 1. The molecule has 1 aromatic heterocycles. The molecule has 2 aromatic carbocycles. The molecule has 0 spiro atoms. The second-order valence-corrected chi connectivity index (χ2v) is 11.1. The zero-order valence-electron chi connectivity index (χ0n) is 21.5. The first-order valence-corrected chi connectivity index (χ1v) is 13.4. The van der Waals surface area contributed by atoms with Crippen LogP contribution in [0, 0.1) is 0 Å². The van der Waals surface area contributed by atoms with E-state index in [-0.39, 0.29) is 6.04 Å². The Hall–Kier alpha value is -2.54. The van der Waals surface area contributed by atoms with Crippen molar-refractivity contribution < 1.29 is 14.6 Å². The molecule has 6 nitrogen and oxygen atoms in total. The fraction of sp³-hybridized carbons (Fsp3) is 0.483. The summed E-state index contributed by atoms with van der Waals surface area (Å²) in [6, 6.07) is 11.7. The molecule has 0 amide bonds. The molecule has 3 aromatic rings.